The summed E-state index contributed by atoms with van der Waals surface area (Å²) in [6.07, 6.45) is 3.77. The molecule has 4 heterocycles. The van der Waals surface area contributed by atoms with Gasteiger partial charge in [-0.05, 0) is 66.8 Å². The molecule has 1 saturated heterocycles. The molecule has 1 N–H and O–H groups in total. The Morgan fingerprint density at radius 1 is 0.971 bits per heavy atom. The zero-order valence-electron chi connectivity index (χ0n) is 17.7. The zero-order valence-corrected chi connectivity index (χ0v) is 20.0. The third-order valence-electron chi connectivity index (χ3n) is 5.99. The fourth-order valence-corrected chi connectivity index (χ4v) is 5.35. The number of fused-ring (bicyclic) bond motifs is 1. The molecule has 0 aliphatic carbocycles. The van der Waals surface area contributed by atoms with E-state index >= 15 is 0 Å². The molecule has 0 bridgehead atoms. The van der Waals surface area contributed by atoms with Gasteiger partial charge in [0.05, 0.1) is 22.4 Å². The van der Waals surface area contributed by atoms with Gasteiger partial charge >= 0.3 is 0 Å². The van der Waals surface area contributed by atoms with Gasteiger partial charge in [-0.3, -0.25) is 4.98 Å². The van der Waals surface area contributed by atoms with Crippen molar-refractivity contribution in [2.24, 2.45) is 0 Å². The molecule has 0 spiro atoms. The average molecular weight is 509 g/mol. The summed E-state index contributed by atoms with van der Waals surface area (Å²) in [5.41, 5.74) is 3.59. The molecule has 2 aliphatic heterocycles. The Kier molecular flexibility index (Phi) is 5.32. The molecule has 6 rings (SSSR count). The first-order chi connectivity index (χ1) is 16.6. The number of ether oxygens (including phenoxy) is 2. The normalized spacial score (nSPS) is 18.9. The van der Waals surface area contributed by atoms with Crippen LogP contribution in [0.25, 0.3) is 5.69 Å². The number of hydrogen-bond donors (Lipinski definition) is 1. The second-order valence-electron chi connectivity index (χ2n) is 7.93. The molecule has 2 aliphatic rings. The minimum absolute atomic E-state index is 0.196. The van der Waals surface area contributed by atoms with Crippen molar-refractivity contribution in [3.05, 3.63) is 101 Å². The fraction of sp³-hybridized carbons (Fsp3) is 0.120. The van der Waals surface area contributed by atoms with E-state index in [2.05, 4.69) is 25.8 Å². The summed E-state index contributed by atoms with van der Waals surface area (Å²) in [7, 11) is 0. The van der Waals surface area contributed by atoms with Gasteiger partial charge in [-0.1, -0.05) is 29.3 Å². The van der Waals surface area contributed by atoms with E-state index in [1.54, 1.807) is 12.3 Å². The van der Waals surface area contributed by atoms with E-state index < -0.39 is 0 Å². The van der Waals surface area contributed by atoms with Crippen LogP contribution in [0.5, 0.6) is 11.5 Å². The molecule has 0 saturated carbocycles. The van der Waals surface area contributed by atoms with Crippen molar-refractivity contribution in [1.82, 2.24) is 14.9 Å². The summed E-state index contributed by atoms with van der Waals surface area (Å²) < 4.78 is 13.2. The van der Waals surface area contributed by atoms with E-state index in [9.17, 15) is 0 Å². The predicted octanol–water partition coefficient (Wildman–Crippen LogP) is 6.08. The van der Waals surface area contributed by atoms with Crippen molar-refractivity contribution < 1.29 is 9.47 Å². The van der Waals surface area contributed by atoms with Crippen LogP contribution in [0.15, 0.2) is 79.1 Å². The van der Waals surface area contributed by atoms with Gasteiger partial charge in [0.15, 0.2) is 16.6 Å². The lowest BCUT2D eigenvalue weighted by atomic mass is 10.0. The monoisotopic (exact) mass is 508 g/mol. The van der Waals surface area contributed by atoms with Gasteiger partial charge in [0, 0.05) is 34.9 Å². The molecule has 0 unspecified atom stereocenters. The topological polar surface area (TPSA) is 51.6 Å². The Balaban J connectivity index is 1.51. The number of pyridine rings is 1. The maximum Gasteiger partial charge on any atom is 0.231 e. The van der Waals surface area contributed by atoms with E-state index in [0.29, 0.717) is 20.9 Å². The van der Waals surface area contributed by atoms with Gasteiger partial charge in [0.25, 0.3) is 0 Å². The number of nitrogens with zero attached hydrogens (tertiary/aromatic N) is 3. The molecule has 1 fully saturated rings. The SMILES string of the molecule is S=C1N[C@H](c2ccccn2)[C@H](c2cccn2-c2ccc(Cl)cc2Cl)N1c1ccc2c(c1)OCO2. The van der Waals surface area contributed by atoms with Crippen molar-refractivity contribution in [3.8, 4) is 17.2 Å². The van der Waals surface area contributed by atoms with Crippen LogP contribution in [0.1, 0.15) is 23.5 Å². The van der Waals surface area contributed by atoms with Gasteiger partial charge in [-0.15, -0.1) is 0 Å². The molecule has 9 heteroatoms. The molecule has 34 heavy (non-hydrogen) atoms. The number of anilines is 1. The van der Waals surface area contributed by atoms with Crippen LogP contribution in [0.3, 0.4) is 0 Å². The zero-order chi connectivity index (χ0) is 23.2. The molecule has 0 radical (unpaired) electrons. The van der Waals surface area contributed by atoms with E-state index in [0.717, 1.165) is 28.5 Å². The van der Waals surface area contributed by atoms with Crippen LogP contribution in [-0.4, -0.2) is 21.5 Å². The number of benzene rings is 2. The Morgan fingerprint density at radius 2 is 1.85 bits per heavy atom. The smallest absolute Gasteiger partial charge is 0.231 e. The summed E-state index contributed by atoms with van der Waals surface area (Å²) >= 11 is 18.6. The average Bonchev–Trinajstić information content (AvgIpc) is 3.57. The Labute approximate surface area is 211 Å². The van der Waals surface area contributed by atoms with Crippen molar-refractivity contribution >= 4 is 46.2 Å². The highest BCUT2D eigenvalue weighted by Gasteiger charge is 2.42. The maximum absolute atomic E-state index is 6.60. The summed E-state index contributed by atoms with van der Waals surface area (Å²) in [5, 5.41) is 5.22. The maximum atomic E-state index is 6.60. The number of halogens is 2. The van der Waals surface area contributed by atoms with Gasteiger partial charge in [-0.2, -0.15) is 0 Å². The van der Waals surface area contributed by atoms with E-state index in [1.165, 1.54) is 0 Å². The molecule has 0 amide bonds. The predicted molar refractivity (Wildman–Crippen MR) is 136 cm³/mol. The van der Waals surface area contributed by atoms with Crippen LogP contribution < -0.4 is 19.7 Å². The fourth-order valence-electron chi connectivity index (χ4n) is 4.50. The molecule has 2 atom stereocenters. The summed E-state index contributed by atoms with van der Waals surface area (Å²) in [6.45, 7) is 0.208. The molecule has 170 valence electrons. The largest absolute Gasteiger partial charge is 0.454 e. The molecular weight excluding hydrogens is 491 g/mol. The number of rotatable bonds is 4. The lowest BCUT2D eigenvalue weighted by Crippen LogP contribution is -2.30. The molecule has 4 aromatic rings. The van der Waals surface area contributed by atoms with Crippen molar-refractivity contribution in [1.29, 1.82) is 0 Å². The van der Waals surface area contributed by atoms with Crippen LogP contribution in [0, 0.1) is 0 Å². The Morgan fingerprint density at radius 3 is 2.68 bits per heavy atom. The number of thiocarbonyl (C=S) groups is 1. The number of hydrogen-bond acceptors (Lipinski definition) is 4. The standard InChI is InChI=1S/C25H18Cl2N4O2S/c26-15-6-8-19(17(27)12-15)30-11-3-5-20(30)24-23(18-4-1-2-10-28-18)29-25(34)31(24)16-7-9-21-22(13-16)33-14-32-21/h1-13,23-24H,14H2,(H,29,34)/t23-,24+/m1/s1. The summed E-state index contributed by atoms with van der Waals surface area (Å²) in [5.74, 6) is 1.41. The lowest BCUT2D eigenvalue weighted by molar-refractivity contribution is 0.174. The third kappa shape index (κ3) is 3.57. The quantitative estimate of drug-likeness (QED) is 0.337. The first-order valence-corrected chi connectivity index (χ1v) is 11.8. The lowest BCUT2D eigenvalue weighted by Gasteiger charge is -2.29. The summed E-state index contributed by atoms with van der Waals surface area (Å²) in [6, 6.07) is 20.8. The third-order valence-corrected chi connectivity index (χ3v) is 6.84. The molecule has 2 aromatic heterocycles. The molecular formula is C25H18Cl2N4O2S. The highest BCUT2D eigenvalue weighted by atomic mass is 35.5. The van der Waals surface area contributed by atoms with Gasteiger partial charge < -0.3 is 24.3 Å². The highest BCUT2D eigenvalue weighted by molar-refractivity contribution is 7.80. The van der Waals surface area contributed by atoms with Crippen molar-refractivity contribution in [3.63, 3.8) is 0 Å². The van der Waals surface area contributed by atoms with E-state index in [1.807, 2.05) is 60.8 Å². The Bertz CT molecular complexity index is 1390. The minimum Gasteiger partial charge on any atom is -0.454 e. The first kappa shape index (κ1) is 21.3. The second kappa shape index (κ2) is 8.51. The van der Waals surface area contributed by atoms with Gasteiger partial charge in [0.1, 0.15) is 6.04 Å². The van der Waals surface area contributed by atoms with Crippen LogP contribution in [-0.2, 0) is 0 Å². The van der Waals surface area contributed by atoms with E-state index in [4.69, 9.17) is 44.9 Å². The Hall–Kier alpha value is -3.26. The first-order valence-electron chi connectivity index (χ1n) is 10.6. The summed E-state index contributed by atoms with van der Waals surface area (Å²) in [4.78, 5) is 6.72. The minimum atomic E-state index is -0.218. The van der Waals surface area contributed by atoms with E-state index in [-0.39, 0.29) is 18.9 Å². The number of aromatic nitrogens is 2. The van der Waals surface area contributed by atoms with Crippen LogP contribution in [0.2, 0.25) is 10.0 Å². The molecule has 6 nitrogen and oxygen atoms in total. The molecule has 2 aromatic carbocycles. The van der Waals surface area contributed by atoms with Gasteiger partial charge in [-0.25, -0.2) is 0 Å². The van der Waals surface area contributed by atoms with Crippen LogP contribution in [0.4, 0.5) is 5.69 Å². The highest BCUT2D eigenvalue weighted by Crippen LogP contribution is 2.45. The van der Waals surface area contributed by atoms with Gasteiger partial charge in [0.2, 0.25) is 6.79 Å². The second-order valence-corrected chi connectivity index (χ2v) is 9.16. The van der Waals surface area contributed by atoms with Crippen LogP contribution >= 0.6 is 35.4 Å². The number of nitrogens with one attached hydrogen (secondary N) is 1. The van der Waals surface area contributed by atoms with Crippen molar-refractivity contribution in [2.45, 2.75) is 12.1 Å². The van der Waals surface area contributed by atoms with Crippen molar-refractivity contribution in [2.75, 3.05) is 11.7 Å².